The Morgan fingerprint density at radius 1 is 1.41 bits per heavy atom. The summed E-state index contributed by atoms with van der Waals surface area (Å²) in [6.45, 7) is 1.10. The molecule has 1 atom stereocenters. The number of nitrogens with zero attached hydrogens (tertiary/aromatic N) is 1. The number of nitrogens with one attached hydrogen (secondary N) is 1. The summed E-state index contributed by atoms with van der Waals surface area (Å²) in [6, 6.07) is 5.00. The molecule has 0 saturated carbocycles. The van der Waals surface area contributed by atoms with Crippen molar-refractivity contribution in [1.29, 1.82) is 0 Å². The fourth-order valence-electron chi connectivity index (χ4n) is 2.33. The van der Waals surface area contributed by atoms with Crippen molar-refractivity contribution >= 4 is 22.7 Å². The molecule has 3 rings (SSSR count). The van der Waals surface area contributed by atoms with E-state index in [1.54, 1.807) is 0 Å². The summed E-state index contributed by atoms with van der Waals surface area (Å²) in [7, 11) is 0. The normalized spacial score (nSPS) is 19.2. The molecule has 0 radical (unpaired) electrons. The summed E-state index contributed by atoms with van der Waals surface area (Å²) in [5, 5.41) is 5.83. The third kappa shape index (κ3) is 2.76. The molecular formula is C13H16N2S2. The van der Waals surface area contributed by atoms with E-state index in [-0.39, 0.29) is 0 Å². The van der Waals surface area contributed by atoms with Gasteiger partial charge in [0.05, 0.1) is 11.2 Å². The quantitative estimate of drug-likeness (QED) is 0.918. The van der Waals surface area contributed by atoms with Crippen LogP contribution in [-0.2, 0) is 19.3 Å². The highest BCUT2D eigenvalue weighted by Crippen LogP contribution is 2.23. The van der Waals surface area contributed by atoms with E-state index in [9.17, 15) is 0 Å². The van der Waals surface area contributed by atoms with Crippen molar-refractivity contribution < 1.29 is 0 Å². The molecule has 2 aromatic heterocycles. The minimum atomic E-state index is 0.655. The number of thiazole rings is 1. The van der Waals surface area contributed by atoms with Gasteiger partial charge in [0.1, 0.15) is 0 Å². The van der Waals surface area contributed by atoms with Gasteiger partial charge in [-0.1, -0.05) is 6.07 Å². The standard InChI is InChI=1S/C13H16N2S2/c1-2-11(16-7-1)5-6-14-10-3-4-12-13(8-10)17-9-15-12/h1-2,7,9-10,14H,3-6,8H2. The second-order valence-electron chi connectivity index (χ2n) is 4.45. The topological polar surface area (TPSA) is 24.9 Å². The number of aryl methyl sites for hydroxylation is 1. The first-order chi connectivity index (χ1) is 8.42. The van der Waals surface area contributed by atoms with Crippen molar-refractivity contribution in [3.8, 4) is 0 Å². The van der Waals surface area contributed by atoms with Gasteiger partial charge in [-0.3, -0.25) is 0 Å². The van der Waals surface area contributed by atoms with E-state index in [1.165, 1.54) is 28.3 Å². The van der Waals surface area contributed by atoms with Gasteiger partial charge in [0.15, 0.2) is 0 Å². The molecule has 0 spiro atoms. The smallest absolute Gasteiger partial charge is 0.0797 e. The molecule has 1 aliphatic rings. The second-order valence-corrected chi connectivity index (χ2v) is 6.42. The van der Waals surface area contributed by atoms with Gasteiger partial charge in [-0.05, 0) is 37.1 Å². The molecule has 4 heteroatoms. The van der Waals surface area contributed by atoms with Crippen LogP contribution >= 0.6 is 22.7 Å². The van der Waals surface area contributed by atoms with Gasteiger partial charge in [0.25, 0.3) is 0 Å². The monoisotopic (exact) mass is 264 g/mol. The highest BCUT2D eigenvalue weighted by Gasteiger charge is 2.19. The highest BCUT2D eigenvalue weighted by molar-refractivity contribution is 7.10. The lowest BCUT2D eigenvalue weighted by molar-refractivity contribution is 0.463. The van der Waals surface area contributed by atoms with Crippen molar-refractivity contribution in [3.05, 3.63) is 38.5 Å². The van der Waals surface area contributed by atoms with E-state index in [4.69, 9.17) is 0 Å². The first kappa shape index (κ1) is 11.4. The summed E-state index contributed by atoms with van der Waals surface area (Å²) in [5.41, 5.74) is 3.32. The van der Waals surface area contributed by atoms with Crippen LogP contribution in [0, 0.1) is 0 Å². The van der Waals surface area contributed by atoms with Crippen LogP contribution in [0.4, 0.5) is 0 Å². The van der Waals surface area contributed by atoms with Crippen molar-refractivity contribution in [3.63, 3.8) is 0 Å². The molecule has 0 fully saturated rings. The summed E-state index contributed by atoms with van der Waals surface area (Å²) in [5.74, 6) is 0. The molecule has 17 heavy (non-hydrogen) atoms. The third-order valence-electron chi connectivity index (χ3n) is 3.27. The molecule has 2 heterocycles. The summed E-state index contributed by atoms with van der Waals surface area (Å²) in [6.07, 6.45) is 4.71. The number of rotatable bonds is 4. The molecule has 1 N–H and O–H groups in total. The van der Waals surface area contributed by atoms with Gasteiger partial charge in [0, 0.05) is 22.3 Å². The molecular weight excluding hydrogens is 248 g/mol. The molecule has 90 valence electrons. The van der Waals surface area contributed by atoms with Crippen LogP contribution < -0.4 is 5.32 Å². The van der Waals surface area contributed by atoms with Gasteiger partial charge in [0.2, 0.25) is 0 Å². The molecule has 0 aromatic carbocycles. The van der Waals surface area contributed by atoms with E-state index >= 15 is 0 Å². The minimum Gasteiger partial charge on any atom is -0.313 e. The SMILES string of the molecule is c1csc(CCNC2CCc3ncsc3C2)c1. The number of aromatic nitrogens is 1. The average Bonchev–Trinajstić information content (AvgIpc) is 2.98. The Hall–Kier alpha value is -0.710. The Morgan fingerprint density at radius 3 is 3.29 bits per heavy atom. The highest BCUT2D eigenvalue weighted by atomic mass is 32.1. The van der Waals surface area contributed by atoms with E-state index in [1.807, 2.05) is 28.2 Å². The van der Waals surface area contributed by atoms with Crippen LogP contribution in [0.1, 0.15) is 21.9 Å². The predicted octanol–water partition coefficient (Wildman–Crippen LogP) is 2.89. The van der Waals surface area contributed by atoms with Crippen LogP contribution in [0.15, 0.2) is 23.0 Å². The second kappa shape index (κ2) is 5.29. The zero-order valence-electron chi connectivity index (χ0n) is 9.69. The molecule has 0 aliphatic heterocycles. The van der Waals surface area contributed by atoms with Gasteiger partial charge in [-0.15, -0.1) is 22.7 Å². The minimum absolute atomic E-state index is 0.655. The Labute approximate surface area is 110 Å². The largest absolute Gasteiger partial charge is 0.313 e. The Morgan fingerprint density at radius 2 is 2.41 bits per heavy atom. The van der Waals surface area contributed by atoms with Crippen LogP contribution in [0.25, 0.3) is 0 Å². The van der Waals surface area contributed by atoms with Crippen LogP contribution in [0.5, 0.6) is 0 Å². The van der Waals surface area contributed by atoms with Crippen LogP contribution in [0.2, 0.25) is 0 Å². The lowest BCUT2D eigenvalue weighted by Gasteiger charge is -2.22. The molecule has 1 unspecified atom stereocenters. The molecule has 0 amide bonds. The van der Waals surface area contributed by atoms with Crippen molar-refractivity contribution in [2.45, 2.75) is 31.7 Å². The van der Waals surface area contributed by atoms with Gasteiger partial charge in [-0.25, -0.2) is 4.98 Å². The first-order valence-electron chi connectivity index (χ1n) is 6.09. The number of hydrogen-bond donors (Lipinski definition) is 1. The van der Waals surface area contributed by atoms with Gasteiger partial charge < -0.3 is 5.32 Å². The maximum Gasteiger partial charge on any atom is 0.0797 e. The van der Waals surface area contributed by atoms with Crippen LogP contribution in [-0.4, -0.2) is 17.6 Å². The lowest BCUT2D eigenvalue weighted by Crippen LogP contribution is -2.35. The number of fused-ring (bicyclic) bond motifs is 1. The molecule has 2 aromatic rings. The predicted molar refractivity (Wildman–Crippen MR) is 74.0 cm³/mol. The third-order valence-corrected chi connectivity index (χ3v) is 5.11. The fraction of sp³-hybridized carbons (Fsp3) is 0.462. The molecule has 2 nitrogen and oxygen atoms in total. The number of hydrogen-bond acceptors (Lipinski definition) is 4. The van der Waals surface area contributed by atoms with Crippen molar-refractivity contribution in [1.82, 2.24) is 10.3 Å². The fourth-order valence-corrected chi connectivity index (χ4v) is 3.93. The zero-order valence-corrected chi connectivity index (χ0v) is 11.3. The molecule has 0 bridgehead atoms. The molecule has 0 saturated heterocycles. The van der Waals surface area contributed by atoms with Crippen molar-refractivity contribution in [2.75, 3.05) is 6.54 Å². The Bertz CT molecular complexity index is 461. The maximum absolute atomic E-state index is 4.40. The average molecular weight is 264 g/mol. The zero-order chi connectivity index (χ0) is 11.5. The van der Waals surface area contributed by atoms with E-state index in [0.29, 0.717) is 6.04 Å². The Balaban J connectivity index is 1.48. The molecule has 1 aliphatic carbocycles. The maximum atomic E-state index is 4.40. The van der Waals surface area contributed by atoms with E-state index in [0.717, 1.165) is 19.4 Å². The van der Waals surface area contributed by atoms with Gasteiger partial charge >= 0.3 is 0 Å². The summed E-state index contributed by atoms with van der Waals surface area (Å²) < 4.78 is 0. The number of thiophene rings is 1. The van der Waals surface area contributed by atoms with E-state index < -0.39 is 0 Å². The van der Waals surface area contributed by atoms with Crippen molar-refractivity contribution in [2.24, 2.45) is 0 Å². The first-order valence-corrected chi connectivity index (χ1v) is 7.85. The van der Waals surface area contributed by atoms with E-state index in [2.05, 4.69) is 27.8 Å². The Kier molecular flexibility index (Phi) is 3.54. The van der Waals surface area contributed by atoms with Gasteiger partial charge in [-0.2, -0.15) is 0 Å². The summed E-state index contributed by atoms with van der Waals surface area (Å²) in [4.78, 5) is 7.37. The lowest BCUT2D eigenvalue weighted by atomic mass is 9.97. The van der Waals surface area contributed by atoms with Crippen LogP contribution in [0.3, 0.4) is 0 Å². The summed E-state index contributed by atoms with van der Waals surface area (Å²) >= 11 is 3.66.